The third-order valence-electron chi connectivity index (χ3n) is 4.84. The molecule has 1 aromatic rings. The van der Waals surface area contributed by atoms with Crippen molar-refractivity contribution in [2.75, 3.05) is 6.61 Å². The van der Waals surface area contributed by atoms with E-state index in [0.29, 0.717) is 5.41 Å². The van der Waals surface area contributed by atoms with Crippen molar-refractivity contribution >= 4 is 11.3 Å². The Morgan fingerprint density at radius 2 is 2.00 bits per heavy atom. The summed E-state index contributed by atoms with van der Waals surface area (Å²) in [7, 11) is 0. The van der Waals surface area contributed by atoms with Gasteiger partial charge in [0.1, 0.15) is 0 Å². The summed E-state index contributed by atoms with van der Waals surface area (Å²) in [5.74, 6) is 0. The zero-order valence-corrected chi connectivity index (χ0v) is 14.0. The quantitative estimate of drug-likeness (QED) is 0.845. The van der Waals surface area contributed by atoms with E-state index in [1.807, 2.05) is 11.3 Å². The summed E-state index contributed by atoms with van der Waals surface area (Å²) in [5, 5.41) is 2.14. The molecule has 3 heteroatoms. The minimum absolute atomic E-state index is 0.0818. The number of hydrogen-bond acceptors (Lipinski definition) is 3. The normalized spacial score (nSPS) is 22.6. The van der Waals surface area contributed by atoms with Crippen molar-refractivity contribution in [3.8, 4) is 0 Å². The summed E-state index contributed by atoms with van der Waals surface area (Å²) in [4.78, 5) is 1.43. The van der Waals surface area contributed by atoms with Crippen LogP contribution in [0.3, 0.4) is 0 Å². The van der Waals surface area contributed by atoms with Gasteiger partial charge in [0.05, 0.1) is 5.60 Å². The molecule has 20 heavy (non-hydrogen) atoms. The maximum Gasteiger partial charge on any atom is 0.0833 e. The van der Waals surface area contributed by atoms with Crippen molar-refractivity contribution in [3.63, 3.8) is 0 Å². The van der Waals surface area contributed by atoms with Gasteiger partial charge in [-0.2, -0.15) is 0 Å². The van der Waals surface area contributed by atoms with Gasteiger partial charge in [-0.15, -0.1) is 11.3 Å². The van der Waals surface area contributed by atoms with Gasteiger partial charge >= 0.3 is 0 Å². The summed E-state index contributed by atoms with van der Waals surface area (Å²) < 4.78 is 6.17. The molecule has 0 spiro atoms. The Balaban J connectivity index is 1.96. The summed E-state index contributed by atoms with van der Waals surface area (Å²) in [6.45, 7) is 7.58. The van der Waals surface area contributed by atoms with Gasteiger partial charge in [0.15, 0.2) is 0 Å². The van der Waals surface area contributed by atoms with Crippen LogP contribution in [0, 0.1) is 5.41 Å². The van der Waals surface area contributed by atoms with Crippen LogP contribution in [0.5, 0.6) is 0 Å². The number of aryl methyl sites for hydroxylation is 1. The topological polar surface area (TPSA) is 35.2 Å². The van der Waals surface area contributed by atoms with E-state index < -0.39 is 0 Å². The minimum Gasteiger partial charge on any atom is -0.374 e. The van der Waals surface area contributed by atoms with E-state index in [1.165, 1.54) is 17.7 Å². The molecule has 2 nitrogen and oxygen atoms in total. The lowest BCUT2D eigenvalue weighted by Crippen LogP contribution is -2.53. The lowest BCUT2D eigenvalue weighted by atomic mass is 9.68. The second-order valence-corrected chi connectivity index (χ2v) is 7.92. The van der Waals surface area contributed by atoms with Gasteiger partial charge in [0, 0.05) is 17.5 Å². The molecule has 1 aliphatic carbocycles. The number of nitrogens with two attached hydrogens (primary N) is 1. The Hall–Kier alpha value is -0.380. The Morgan fingerprint density at radius 3 is 2.55 bits per heavy atom. The van der Waals surface area contributed by atoms with Crippen LogP contribution in [0.2, 0.25) is 0 Å². The highest BCUT2D eigenvalue weighted by Crippen LogP contribution is 2.44. The van der Waals surface area contributed by atoms with Crippen LogP contribution in [0.25, 0.3) is 0 Å². The van der Waals surface area contributed by atoms with Crippen LogP contribution < -0.4 is 5.73 Å². The fourth-order valence-corrected chi connectivity index (χ4v) is 4.00. The predicted octanol–water partition coefficient (Wildman–Crippen LogP) is 4.38. The highest BCUT2D eigenvalue weighted by molar-refractivity contribution is 7.09. The van der Waals surface area contributed by atoms with Gasteiger partial charge in [-0.25, -0.2) is 0 Å². The Labute approximate surface area is 127 Å². The summed E-state index contributed by atoms with van der Waals surface area (Å²) in [5.41, 5.74) is 6.92. The van der Waals surface area contributed by atoms with E-state index in [-0.39, 0.29) is 11.6 Å². The SMILES string of the molecule is CCOC1(C(N)CCc2cccs2)CCC(C)(C)CC1. The Kier molecular flexibility index (Phi) is 5.27. The first-order chi connectivity index (χ1) is 9.47. The van der Waals surface area contributed by atoms with Crippen LogP contribution in [0.4, 0.5) is 0 Å². The molecule has 1 unspecified atom stereocenters. The highest BCUT2D eigenvalue weighted by atomic mass is 32.1. The smallest absolute Gasteiger partial charge is 0.0833 e. The molecule has 0 radical (unpaired) electrons. The second kappa shape index (κ2) is 6.59. The molecule has 1 heterocycles. The average molecular weight is 295 g/mol. The van der Waals surface area contributed by atoms with Crippen molar-refractivity contribution in [3.05, 3.63) is 22.4 Å². The number of ether oxygens (including phenoxy) is 1. The minimum atomic E-state index is -0.0818. The van der Waals surface area contributed by atoms with Crippen LogP contribution in [-0.4, -0.2) is 18.2 Å². The zero-order valence-electron chi connectivity index (χ0n) is 13.2. The van der Waals surface area contributed by atoms with Crippen LogP contribution in [-0.2, 0) is 11.2 Å². The molecular formula is C17H29NOS. The average Bonchev–Trinajstić information content (AvgIpc) is 2.92. The maximum absolute atomic E-state index is 6.55. The lowest BCUT2D eigenvalue weighted by Gasteiger charge is -2.46. The third kappa shape index (κ3) is 3.84. The molecule has 2 rings (SSSR count). The van der Waals surface area contributed by atoms with Crippen LogP contribution >= 0.6 is 11.3 Å². The van der Waals surface area contributed by atoms with Crippen molar-refractivity contribution in [1.82, 2.24) is 0 Å². The zero-order chi connectivity index (χ0) is 14.6. The molecule has 1 fully saturated rings. The van der Waals surface area contributed by atoms with E-state index in [0.717, 1.165) is 32.3 Å². The molecule has 0 amide bonds. The first-order valence-electron chi connectivity index (χ1n) is 7.89. The maximum atomic E-state index is 6.55. The molecular weight excluding hydrogens is 266 g/mol. The van der Waals surface area contributed by atoms with E-state index in [4.69, 9.17) is 10.5 Å². The third-order valence-corrected chi connectivity index (χ3v) is 5.78. The van der Waals surface area contributed by atoms with Crippen molar-refractivity contribution in [2.45, 2.75) is 70.9 Å². The van der Waals surface area contributed by atoms with Gasteiger partial charge in [0.25, 0.3) is 0 Å². The standard InChI is InChI=1S/C17H29NOS/c1-4-19-17(11-9-16(2,3)10-12-17)15(18)8-7-14-6-5-13-20-14/h5-6,13,15H,4,7-12,18H2,1-3H3. The first kappa shape index (κ1) is 16.0. The molecule has 1 aliphatic rings. The largest absolute Gasteiger partial charge is 0.374 e. The summed E-state index contributed by atoms with van der Waals surface area (Å²) in [6, 6.07) is 4.47. The number of thiophene rings is 1. The van der Waals surface area contributed by atoms with Gasteiger partial charge in [0.2, 0.25) is 0 Å². The molecule has 0 saturated heterocycles. The Bertz CT molecular complexity index is 389. The fourth-order valence-electron chi connectivity index (χ4n) is 3.28. The van der Waals surface area contributed by atoms with Crippen LogP contribution in [0.15, 0.2) is 17.5 Å². The molecule has 0 bridgehead atoms. The molecule has 0 aliphatic heterocycles. The highest BCUT2D eigenvalue weighted by Gasteiger charge is 2.42. The van der Waals surface area contributed by atoms with E-state index in [9.17, 15) is 0 Å². The molecule has 0 aromatic carbocycles. The fraction of sp³-hybridized carbons (Fsp3) is 0.765. The summed E-state index contributed by atoms with van der Waals surface area (Å²) >= 11 is 1.83. The van der Waals surface area contributed by atoms with Gasteiger partial charge in [-0.05, 0) is 62.3 Å². The number of hydrogen-bond donors (Lipinski definition) is 1. The molecule has 1 saturated carbocycles. The second-order valence-electron chi connectivity index (χ2n) is 6.89. The monoisotopic (exact) mass is 295 g/mol. The van der Waals surface area contributed by atoms with E-state index >= 15 is 0 Å². The number of rotatable bonds is 6. The summed E-state index contributed by atoms with van der Waals surface area (Å²) in [6.07, 6.45) is 6.77. The van der Waals surface area contributed by atoms with Gasteiger partial charge < -0.3 is 10.5 Å². The molecule has 1 aromatic heterocycles. The van der Waals surface area contributed by atoms with Crippen LogP contribution in [0.1, 0.15) is 57.8 Å². The van der Waals surface area contributed by atoms with E-state index in [1.54, 1.807) is 0 Å². The first-order valence-corrected chi connectivity index (χ1v) is 8.77. The molecule has 1 atom stereocenters. The predicted molar refractivity (Wildman–Crippen MR) is 87.2 cm³/mol. The van der Waals surface area contributed by atoms with Crippen molar-refractivity contribution in [1.29, 1.82) is 0 Å². The van der Waals surface area contributed by atoms with Crippen molar-refractivity contribution < 1.29 is 4.74 Å². The van der Waals surface area contributed by atoms with Gasteiger partial charge in [-0.3, -0.25) is 0 Å². The van der Waals surface area contributed by atoms with Crippen molar-refractivity contribution in [2.24, 2.45) is 11.1 Å². The van der Waals surface area contributed by atoms with Gasteiger partial charge in [-0.1, -0.05) is 19.9 Å². The molecule has 114 valence electrons. The van der Waals surface area contributed by atoms with E-state index in [2.05, 4.69) is 38.3 Å². The molecule has 2 N–H and O–H groups in total. The lowest BCUT2D eigenvalue weighted by molar-refractivity contribution is -0.100. The Morgan fingerprint density at radius 1 is 1.30 bits per heavy atom.